The Morgan fingerprint density at radius 1 is 1.35 bits per heavy atom. The van der Waals surface area contributed by atoms with Gasteiger partial charge >= 0.3 is 0 Å². The Labute approximate surface area is 100 Å². The van der Waals surface area contributed by atoms with Gasteiger partial charge in [-0.15, -0.1) is 0 Å². The van der Waals surface area contributed by atoms with E-state index in [9.17, 15) is 4.79 Å². The van der Waals surface area contributed by atoms with Crippen molar-refractivity contribution in [3.63, 3.8) is 0 Å². The minimum absolute atomic E-state index is 0.0265. The third-order valence-electron chi connectivity index (χ3n) is 2.48. The number of amides is 1. The van der Waals surface area contributed by atoms with Crippen molar-refractivity contribution in [2.24, 2.45) is 5.73 Å². The fraction of sp³-hybridized carbons (Fsp3) is 0.417. The molecule has 0 heterocycles. The zero-order valence-corrected chi connectivity index (χ0v) is 9.54. The largest absolute Gasteiger partial charge is 0.394 e. The van der Waals surface area contributed by atoms with Gasteiger partial charge in [0.2, 0.25) is 5.91 Å². The van der Waals surface area contributed by atoms with Crippen LogP contribution in [0, 0.1) is 0 Å². The van der Waals surface area contributed by atoms with E-state index < -0.39 is 12.0 Å². The van der Waals surface area contributed by atoms with Crippen molar-refractivity contribution in [3.8, 4) is 0 Å². The van der Waals surface area contributed by atoms with Crippen molar-refractivity contribution in [2.75, 3.05) is 19.7 Å². The van der Waals surface area contributed by atoms with Crippen molar-refractivity contribution < 1.29 is 15.0 Å². The van der Waals surface area contributed by atoms with Crippen LogP contribution in [0.1, 0.15) is 11.5 Å². The van der Waals surface area contributed by atoms with Crippen LogP contribution in [0.2, 0.25) is 0 Å². The van der Waals surface area contributed by atoms with Crippen LogP contribution in [0.25, 0.3) is 0 Å². The monoisotopic (exact) mass is 238 g/mol. The number of aliphatic hydroxyl groups excluding tert-OH is 2. The predicted molar refractivity (Wildman–Crippen MR) is 64.3 cm³/mol. The van der Waals surface area contributed by atoms with E-state index in [2.05, 4.69) is 5.32 Å². The van der Waals surface area contributed by atoms with Crippen molar-refractivity contribution in [1.82, 2.24) is 5.32 Å². The number of carbonyl (C=O) groups excluding carboxylic acids is 1. The number of nitrogens with two attached hydrogens (primary N) is 1. The fourth-order valence-electron chi connectivity index (χ4n) is 1.49. The zero-order chi connectivity index (χ0) is 12.7. The third kappa shape index (κ3) is 4.14. The number of nitrogens with one attached hydrogen (secondary N) is 1. The highest BCUT2D eigenvalue weighted by atomic mass is 16.3. The Kier molecular flexibility index (Phi) is 5.62. The van der Waals surface area contributed by atoms with Gasteiger partial charge in [0, 0.05) is 13.1 Å². The molecule has 0 aliphatic carbocycles. The number of hydrogen-bond donors (Lipinski definition) is 4. The second kappa shape index (κ2) is 7.01. The van der Waals surface area contributed by atoms with E-state index in [1.165, 1.54) is 0 Å². The van der Waals surface area contributed by atoms with Gasteiger partial charge in [-0.05, 0) is 5.56 Å². The SMILES string of the molecule is NCC(C(=O)NCC(O)CO)c1ccccc1. The number of carbonyl (C=O) groups is 1. The van der Waals surface area contributed by atoms with E-state index in [0.29, 0.717) is 0 Å². The molecular weight excluding hydrogens is 220 g/mol. The molecule has 2 unspecified atom stereocenters. The fourth-order valence-corrected chi connectivity index (χ4v) is 1.49. The lowest BCUT2D eigenvalue weighted by atomic mass is 9.98. The summed E-state index contributed by atoms with van der Waals surface area (Å²) in [7, 11) is 0. The zero-order valence-electron chi connectivity index (χ0n) is 9.54. The van der Waals surface area contributed by atoms with E-state index in [-0.39, 0.29) is 25.6 Å². The lowest BCUT2D eigenvalue weighted by Gasteiger charge is -2.16. The highest BCUT2D eigenvalue weighted by molar-refractivity contribution is 5.83. The lowest BCUT2D eigenvalue weighted by molar-refractivity contribution is -0.122. The first-order valence-corrected chi connectivity index (χ1v) is 5.50. The minimum Gasteiger partial charge on any atom is -0.394 e. The van der Waals surface area contributed by atoms with Crippen LogP contribution in [-0.2, 0) is 4.79 Å². The molecule has 1 aromatic carbocycles. The lowest BCUT2D eigenvalue weighted by Crippen LogP contribution is -2.38. The van der Waals surface area contributed by atoms with Gasteiger partial charge in [0.25, 0.3) is 0 Å². The molecule has 1 rings (SSSR count). The van der Waals surface area contributed by atoms with E-state index in [0.717, 1.165) is 5.56 Å². The molecule has 0 aromatic heterocycles. The van der Waals surface area contributed by atoms with Crippen LogP contribution in [0.15, 0.2) is 30.3 Å². The topological polar surface area (TPSA) is 95.6 Å². The van der Waals surface area contributed by atoms with Gasteiger partial charge in [0.05, 0.1) is 18.6 Å². The summed E-state index contributed by atoms with van der Waals surface area (Å²) in [5.41, 5.74) is 6.41. The van der Waals surface area contributed by atoms with Gasteiger partial charge in [-0.1, -0.05) is 30.3 Å². The molecule has 2 atom stereocenters. The summed E-state index contributed by atoms with van der Waals surface area (Å²) < 4.78 is 0. The molecule has 1 aromatic rings. The molecule has 0 radical (unpaired) electrons. The van der Waals surface area contributed by atoms with Crippen LogP contribution in [0.5, 0.6) is 0 Å². The second-order valence-electron chi connectivity index (χ2n) is 3.78. The van der Waals surface area contributed by atoms with E-state index in [1.807, 2.05) is 30.3 Å². The van der Waals surface area contributed by atoms with Crippen LogP contribution in [0.3, 0.4) is 0 Å². The van der Waals surface area contributed by atoms with Crippen molar-refractivity contribution in [1.29, 1.82) is 0 Å². The van der Waals surface area contributed by atoms with Gasteiger partial charge in [-0.2, -0.15) is 0 Å². The smallest absolute Gasteiger partial charge is 0.228 e. The highest BCUT2D eigenvalue weighted by Gasteiger charge is 2.18. The maximum atomic E-state index is 11.8. The molecule has 0 fully saturated rings. The molecule has 17 heavy (non-hydrogen) atoms. The highest BCUT2D eigenvalue weighted by Crippen LogP contribution is 2.13. The average Bonchev–Trinajstić information content (AvgIpc) is 2.38. The summed E-state index contributed by atoms with van der Waals surface area (Å²) in [4.78, 5) is 11.8. The maximum absolute atomic E-state index is 11.8. The summed E-state index contributed by atoms with van der Waals surface area (Å²) in [6, 6.07) is 9.21. The van der Waals surface area contributed by atoms with E-state index in [4.69, 9.17) is 15.9 Å². The van der Waals surface area contributed by atoms with Crippen LogP contribution < -0.4 is 11.1 Å². The predicted octanol–water partition coefficient (Wildman–Crippen LogP) is -0.802. The van der Waals surface area contributed by atoms with Gasteiger partial charge in [-0.25, -0.2) is 0 Å². The maximum Gasteiger partial charge on any atom is 0.228 e. The first-order valence-electron chi connectivity index (χ1n) is 5.50. The quantitative estimate of drug-likeness (QED) is 0.521. The standard InChI is InChI=1S/C12H18N2O3/c13-6-11(9-4-2-1-3-5-9)12(17)14-7-10(16)8-15/h1-5,10-11,15-16H,6-8,13H2,(H,14,17). The molecule has 0 aliphatic rings. The molecule has 0 saturated heterocycles. The molecule has 5 heteroatoms. The van der Waals surface area contributed by atoms with Crippen LogP contribution in [0.4, 0.5) is 0 Å². The Bertz CT molecular complexity index is 343. The molecule has 94 valence electrons. The molecular formula is C12H18N2O3. The molecule has 0 aliphatic heterocycles. The van der Waals surface area contributed by atoms with E-state index >= 15 is 0 Å². The van der Waals surface area contributed by atoms with Crippen LogP contribution >= 0.6 is 0 Å². The first kappa shape index (κ1) is 13.6. The first-order chi connectivity index (χ1) is 8.19. The average molecular weight is 238 g/mol. The summed E-state index contributed by atoms with van der Waals surface area (Å²) in [5.74, 6) is -0.673. The second-order valence-corrected chi connectivity index (χ2v) is 3.78. The molecule has 1 amide bonds. The summed E-state index contributed by atoms with van der Waals surface area (Å²) in [6.45, 7) is -0.150. The number of aliphatic hydroxyl groups is 2. The van der Waals surface area contributed by atoms with Crippen molar-refractivity contribution >= 4 is 5.91 Å². The number of benzene rings is 1. The Balaban J connectivity index is 2.59. The van der Waals surface area contributed by atoms with E-state index in [1.54, 1.807) is 0 Å². The molecule has 5 nitrogen and oxygen atoms in total. The number of hydrogen-bond acceptors (Lipinski definition) is 4. The molecule has 5 N–H and O–H groups in total. The summed E-state index contributed by atoms with van der Waals surface area (Å²) >= 11 is 0. The van der Waals surface area contributed by atoms with Gasteiger partial charge < -0.3 is 21.3 Å². The minimum atomic E-state index is -0.937. The molecule has 0 bridgehead atoms. The molecule has 0 saturated carbocycles. The Morgan fingerprint density at radius 2 is 2.00 bits per heavy atom. The summed E-state index contributed by atoms with van der Waals surface area (Å²) in [6.07, 6.45) is -0.937. The molecule has 0 spiro atoms. The summed E-state index contributed by atoms with van der Waals surface area (Å²) in [5, 5.41) is 20.3. The van der Waals surface area contributed by atoms with Crippen molar-refractivity contribution in [3.05, 3.63) is 35.9 Å². The normalized spacial score (nSPS) is 14.1. The van der Waals surface area contributed by atoms with Crippen molar-refractivity contribution in [2.45, 2.75) is 12.0 Å². The Hall–Kier alpha value is -1.43. The Morgan fingerprint density at radius 3 is 2.53 bits per heavy atom. The third-order valence-corrected chi connectivity index (χ3v) is 2.48. The van der Waals surface area contributed by atoms with Gasteiger partial charge in [0.1, 0.15) is 0 Å². The van der Waals surface area contributed by atoms with Gasteiger partial charge in [-0.3, -0.25) is 4.79 Å². The van der Waals surface area contributed by atoms with Crippen LogP contribution in [-0.4, -0.2) is 41.9 Å². The number of rotatable bonds is 6. The van der Waals surface area contributed by atoms with Gasteiger partial charge in [0.15, 0.2) is 0 Å².